The molecule has 0 saturated carbocycles. The fourth-order valence-corrected chi connectivity index (χ4v) is 2.61. The Labute approximate surface area is 134 Å². The van der Waals surface area contributed by atoms with E-state index in [0.29, 0.717) is 16.0 Å². The van der Waals surface area contributed by atoms with Crippen LogP contribution in [0.4, 0.5) is 0 Å². The van der Waals surface area contributed by atoms with E-state index in [-0.39, 0.29) is 11.3 Å². The molecule has 4 nitrogen and oxygen atoms in total. The topological polar surface area (TPSA) is 66.8 Å². The van der Waals surface area contributed by atoms with Gasteiger partial charge in [0.25, 0.3) is 0 Å². The molecular weight excluding hydrogens is 304 g/mol. The Hall–Kier alpha value is -1.78. The van der Waals surface area contributed by atoms with Gasteiger partial charge in [-0.25, -0.2) is 4.79 Å². The van der Waals surface area contributed by atoms with Gasteiger partial charge in [-0.15, -0.1) is 0 Å². The summed E-state index contributed by atoms with van der Waals surface area (Å²) in [6, 6.07) is 6.86. The molecule has 1 unspecified atom stereocenters. The third-order valence-corrected chi connectivity index (χ3v) is 3.51. The number of phenols is 1. The molecule has 0 amide bonds. The summed E-state index contributed by atoms with van der Waals surface area (Å²) < 4.78 is 5.63. The maximum absolute atomic E-state index is 11.6. The van der Waals surface area contributed by atoms with Crippen LogP contribution in [-0.2, 0) is 9.53 Å². The molecule has 2 rings (SSSR count). The van der Waals surface area contributed by atoms with E-state index in [1.807, 2.05) is 0 Å². The third-order valence-electron chi connectivity index (χ3n) is 3.28. The molecule has 0 radical (unpaired) electrons. The minimum absolute atomic E-state index is 0.0803. The summed E-state index contributed by atoms with van der Waals surface area (Å²) >= 11 is 5.96. The van der Waals surface area contributed by atoms with Gasteiger partial charge in [0.2, 0.25) is 0 Å². The average molecular weight is 323 g/mol. The Morgan fingerprint density at radius 1 is 1.27 bits per heavy atom. The number of phenolic OH excluding ortho intramolecular Hbond substituents is 1. The Kier molecular flexibility index (Phi) is 4.36. The number of hydrogen-bond acceptors (Lipinski definition) is 3. The monoisotopic (exact) mass is 322 g/mol. The van der Waals surface area contributed by atoms with Crippen LogP contribution in [-0.4, -0.2) is 21.8 Å². The number of halogens is 1. The molecule has 0 spiro atoms. The second kappa shape index (κ2) is 5.78. The van der Waals surface area contributed by atoms with Crippen molar-refractivity contribution < 1.29 is 19.7 Å². The normalized spacial score (nSPS) is 13.3. The molecule has 0 saturated heterocycles. The lowest BCUT2D eigenvalue weighted by Gasteiger charge is -2.27. The van der Waals surface area contributed by atoms with Crippen molar-refractivity contribution in [3.63, 3.8) is 0 Å². The number of aromatic hydroxyl groups is 1. The largest absolute Gasteiger partial charge is 0.507 e. The second-order valence-corrected chi connectivity index (χ2v) is 6.71. The molecule has 0 bridgehead atoms. The van der Waals surface area contributed by atoms with E-state index < -0.39 is 17.7 Å². The Balaban J connectivity index is 2.67. The minimum Gasteiger partial charge on any atom is -0.507 e. The van der Waals surface area contributed by atoms with Gasteiger partial charge in [-0.3, -0.25) is 0 Å². The van der Waals surface area contributed by atoms with Crippen molar-refractivity contribution in [1.82, 2.24) is 0 Å². The molecule has 0 aromatic heterocycles. The molecular formula is C17H19ClO4. The van der Waals surface area contributed by atoms with Gasteiger partial charge in [0, 0.05) is 16.0 Å². The second-order valence-electron chi connectivity index (χ2n) is 6.27. The first kappa shape index (κ1) is 16.6. The van der Waals surface area contributed by atoms with Crippen molar-refractivity contribution in [3.8, 4) is 5.75 Å². The first-order chi connectivity index (χ1) is 10.1. The van der Waals surface area contributed by atoms with Gasteiger partial charge in [-0.05, 0) is 56.8 Å². The van der Waals surface area contributed by atoms with Gasteiger partial charge in [0.15, 0.2) is 6.10 Å². The van der Waals surface area contributed by atoms with Gasteiger partial charge in [-0.2, -0.15) is 0 Å². The van der Waals surface area contributed by atoms with Gasteiger partial charge in [0.05, 0.1) is 5.60 Å². The Morgan fingerprint density at radius 2 is 1.91 bits per heavy atom. The van der Waals surface area contributed by atoms with E-state index in [4.69, 9.17) is 16.3 Å². The number of rotatable bonds is 3. The van der Waals surface area contributed by atoms with E-state index in [1.54, 1.807) is 52.0 Å². The molecule has 22 heavy (non-hydrogen) atoms. The van der Waals surface area contributed by atoms with Crippen molar-refractivity contribution in [2.75, 3.05) is 0 Å². The van der Waals surface area contributed by atoms with Crippen LogP contribution < -0.4 is 0 Å². The van der Waals surface area contributed by atoms with Crippen molar-refractivity contribution in [3.05, 3.63) is 40.4 Å². The highest BCUT2D eigenvalue weighted by Crippen LogP contribution is 2.39. The van der Waals surface area contributed by atoms with Crippen LogP contribution in [0.15, 0.2) is 24.3 Å². The first-order valence-electron chi connectivity index (χ1n) is 6.92. The number of hydrogen-bond donors (Lipinski definition) is 2. The van der Waals surface area contributed by atoms with E-state index in [2.05, 4.69) is 0 Å². The summed E-state index contributed by atoms with van der Waals surface area (Å²) in [6.45, 7) is 7.07. The molecule has 0 aliphatic rings. The number of carboxylic acids is 1. The molecule has 1 atom stereocenters. The predicted molar refractivity (Wildman–Crippen MR) is 86.6 cm³/mol. The van der Waals surface area contributed by atoms with Crippen molar-refractivity contribution in [1.29, 1.82) is 0 Å². The SMILES string of the molecule is Cc1cc2cc(Cl)ccc2c(O)c1C(OC(C)(C)C)C(=O)O. The lowest BCUT2D eigenvalue weighted by Crippen LogP contribution is -2.27. The fraction of sp³-hybridized carbons (Fsp3) is 0.353. The lowest BCUT2D eigenvalue weighted by molar-refractivity contribution is -0.160. The van der Waals surface area contributed by atoms with Crippen LogP contribution in [0, 0.1) is 6.92 Å². The van der Waals surface area contributed by atoms with Crippen LogP contribution in [0.3, 0.4) is 0 Å². The summed E-state index contributed by atoms with van der Waals surface area (Å²) in [5.74, 6) is -1.22. The van der Waals surface area contributed by atoms with Crippen LogP contribution >= 0.6 is 11.6 Å². The number of aliphatic carboxylic acids is 1. The highest BCUT2D eigenvalue weighted by molar-refractivity contribution is 6.31. The number of fused-ring (bicyclic) bond motifs is 1. The predicted octanol–water partition coefficient (Wildman–Crippen LogP) is 4.45. The molecule has 5 heteroatoms. The van der Waals surface area contributed by atoms with Crippen molar-refractivity contribution >= 4 is 28.3 Å². The molecule has 2 N–H and O–H groups in total. The number of carbonyl (C=O) groups is 1. The molecule has 0 aliphatic heterocycles. The molecule has 2 aromatic carbocycles. The fourth-order valence-electron chi connectivity index (χ4n) is 2.43. The van der Waals surface area contributed by atoms with Gasteiger partial charge >= 0.3 is 5.97 Å². The van der Waals surface area contributed by atoms with Crippen LogP contribution in [0.2, 0.25) is 5.02 Å². The minimum atomic E-state index is -1.24. The number of aryl methyl sites for hydroxylation is 1. The molecule has 2 aromatic rings. The van der Waals surface area contributed by atoms with Crippen molar-refractivity contribution in [2.45, 2.75) is 39.4 Å². The highest BCUT2D eigenvalue weighted by Gasteiger charge is 2.31. The standard InChI is InChI=1S/C17H19ClO4/c1-9-7-10-8-11(18)5-6-12(10)14(19)13(9)15(16(20)21)22-17(2,3)4/h5-8,15,19H,1-4H3,(H,20,21). The van der Waals surface area contributed by atoms with Gasteiger partial charge in [-0.1, -0.05) is 17.7 Å². The van der Waals surface area contributed by atoms with E-state index in [9.17, 15) is 15.0 Å². The Morgan fingerprint density at radius 3 is 2.45 bits per heavy atom. The number of carboxylic acid groups (broad SMARTS) is 1. The third kappa shape index (κ3) is 3.34. The summed E-state index contributed by atoms with van der Waals surface area (Å²) in [7, 11) is 0. The quantitative estimate of drug-likeness (QED) is 0.876. The van der Waals surface area contributed by atoms with Gasteiger partial charge < -0.3 is 14.9 Å². The highest BCUT2D eigenvalue weighted by atomic mass is 35.5. The Bertz CT molecular complexity index is 731. The number of ether oxygens (including phenoxy) is 1. The molecule has 0 heterocycles. The zero-order chi connectivity index (χ0) is 16.7. The maximum Gasteiger partial charge on any atom is 0.337 e. The summed E-state index contributed by atoms with van der Waals surface area (Å²) in [4.78, 5) is 11.6. The van der Waals surface area contributed by atoms with Crippen LogP contribution in [0.5, 0.6) is 5.75 Å². The van der Waals surface area contributed by atoms with Crippen molar-refractivity contribution in [2.24, 2.45) is 0 Å². The average Bonchev–Trinajstić information content (AvgIpc) is 2.35. The van der Waals surface area contributed by atoms with Gasteiger partial charge in [0.1, 0.15) is 5.75 Å². The summed E-state index contributed by atoms with van der Waals surface area (Å²) in [5, 5.41) is 21.9. The zero-order valence-corrected chi connectivity index (χ0v) is 13.7. The smallest absolute Gasteiger partial charge is 0.337 e. The maximum atomic E-state index is 11.6. The van der Waals surface area contributed by atoms with E-state index in [1.165, 1.54) is 0 Å². The molecule has 0 aliphatic carbocycles. The van der Waals surface area contributed by atoms with Crippen LogP contribution in [0.25, 0.3) is 10.8 Å². The summed E-state index contributed by atoms with van der Waals surface area (Å²) in [5.41, 5.74) is 0.262. The number of benzene rings is 2. The zero-order valence-electron chi connectivity index (χ0n) is 13.0. The molecule has 0 fully saturated rings. The lowest BCUT2D eigenvalue weighted by atomic mass is 9.96. The van der Waals surface area contributed by atoms with Crippen LogP contribution in [0.1, 0.15) is 38.0 Å². The first-order valence-corrected chi connectivity index (χ1v) is 7.30. The van der Waals surface area contributed by atoms with E-state index in [0.717, 1.165) is 5.39 Å². The molecule has 118 valence electrons. The van der Waals surface area contributed by atoms with E-state index >= 15 is 0 Å². The summed E-state index contributed by atoms with van der Waals surface area (Å²) in [6.07, 6.45) is -1.24.